The molecule has 6 heteroatoms. The molecule has 3 heterocycles. The molecule has 0 saturated heterocycles. The maximum atomic E-state index is 4.93. The molecule has 3 aromatic heterocycles. The summed E-state index contributed by atoms with van der Waals surface area (Å²) < 4.78 is 0. The predicted octanol–water partition coefficient (Wildman–Crippen LogP) is 20.7. The molecule has 14 aromatic rings. The largest absolute Gasteiger partial charge is 0.233 e. The van der Waals surface area contributed by atoms with Crippen LogP contribution in [-0.2, 0) is 0 Å². The van der Waals surface area contributed by atoms with Crippen molar-refractivity contribution in [2.24, 2.45) is 0 Å². The summed E-state index contributed by atoms with van der Waals surface area (Å²) in [5.41, 5.74) is 23.8. The molecular weight excluding hydrogens is 1060 g/mol. The van der Waals surface area contributed by atoms with Gasteiger partial charge in [0.15, 0.2) is 17.5 Å². The van der Waals surface area contributed by atoms with E-state index in [0.717, 1.165) is 96.1 Å². The minimum absolute atomic E-state index is 0.733. The molecule has 6 nitrogen and oxygen atoms in total. The van der Waals surface area contributed by atoms with Gasteiger partial charge in [-0.15, -0.1) is 0 Å². The number of aryl methyl sites for hydroxylation is 3. The van der Waals surface area contributed by atoms with Gasteiger partial charge in [-0.1, -0.05) is 308 Å². The van der Waals surface area contributed by atoms with Crippen molar-refractivity contribution in [1.82, 2.24) is 29.9 Å². The smallest absolute Gasteiger partial charge is 0.160 e. The van der Waals surface area contributed by atoms with Crippen LogP contribution in [0.3, 0.4) is 0 Å². The molecule has 0 spiro atoms. The molecule has 0 aliphatic heterocycles. The van der Waals surface area contributed by atoms with E-state index in [1.807, 2.05) is 85.8 Å². The Kier molecular flexibility index (Phi) is 17.4. The summed E-state index contributed by atoms with van der Waals surface area (Å²) >= 11 is 0. The molecule has 0 atom stereocenters. The van der Waals surface area contributed by atoms with E-state index in [-0.39, 0.29) is 0 Å². The molecule has 87 heavy (non-hydrogen) atoms. The fourth-order valence-corrected chi connectivity index (χ4v) is 10.3. The third kappa shape index (κ3) is 14.2. The van der Waals surface area contributed by atoms with E-state index in [1.54, 1.807) is 0 Å². The van der Waals surface area contributed by atoms with Crippen LogP contribution in [0.5, 0.6) is 0 Å². The Morgan fingerprint density at radius 1 is 0.161 bits per heavy atom. The second-order valence-corrected chi connectivity index (χ2v) is 21.3. The lowest BCUT2D eigenvalue weighted by Crippen LogP contribution is -1.96. The Labute approximate surface area is 510 Å². The van der Waals surface area contributed by atoms with E-state index < -0.39 is 0 Å². The summed E-state index contributed by atoms with van der Waals surface area (Å²) in [6.45, 7) is 6.21. The van der Waals surface area contributed by atoms with Gasteiger partial charge in [0.25, 0.3) is 0 Å². The van der Waals surface area contributed by atoms with Crippen LogP contribution in [0.1, 0.15) is 16.8 Å². The zero-order valence-electron chi connectivity index (χ0n) is 48.8. The van der Waals surface area contributed by atoms with E-state index in [1.165, 1.54) is 44.5 Å². The first-order valence-corrected chi connectivity index (χ1v) is 29.2. The normalized spacial score (nSPS) is 10.7. The Morgan fingerprint density at radius 3 is 0.736 bits per heavy atom. The third-order valence-corrected chi connectivity index (χ3v) is 14.9. The third-order valence-electron chi connectivity index (χ3n) is 14.9. The summed E-state index contributed by atoms with van der Waals surface area (Å²) in [7, 11) is 0. The van der Waals surface area contributed by atoms with E-state index in [4.69, 9.17) is 24.9 Å². The molecule has 0 aliphatic carbocycles. The quantitative estimate of drug-likeness (QED) is 0.128. The van der Waals surface area contributed by atoms with E-state index in [9.17, 15) is 0 Å². The Morgan fingerprint density at radius 2 is 0.402 bits per heavy atom. The molecule has 0 saturated carbocycles. The Balaban J connectivity index is 0.000000128. The monoisotopic (exact) mass is 1120 g/mol. The average Bonchev–Trinajstić information content (AvgIpc) is 2.97. The average molecular weight is 1120 g/mol. The number of nitrogens with zero attached hydrogens (tertiary/aromatic N) is 6. The van der Waals surface area contributed by atoms with Crippen LogP contribution >= 0.6 is 0 Å². The van der Waals surface area contributed by atoms with Gasteiger partial charge in [-0.3, -0.25) is 0 Å². The molecule has 0 amide bonds. The van der Waals surface area contributed by atoms with Crippen molar-refractivity contribution in [3.63, 3.8) is 0 Å². The zero-order valence-corrected chi connectivity index (χ0v) is 48.8. The highest BCUT2D eigenvalue weighted by Gasteiger charge is 2.14. The standard InChI is InChI=1S/2C29H22N2.C23H18N2/c1-21-9-8-14-26(19-21)28-20-27(24-12-6-3-7-13-24)30-29(31-28)25-17-15-23(16-18-25)22-10-4-2-5-11-22;1-21-12-14-25(15-13-21)28-20-27(24-10-6-3-7-11-24)30-29(31-28)26-18-16-23(17-19-26)22-8-4-2-5-9-22;1-17-16-22(20-10-6-3-7-11-20)25-23(24-17)21-14-12-19(13-15-21)18-8-4-2-5-9-18/h2*2-20H,1H3;2-16H,1H3. The molecule has 11 aromatic carbocycles. The summed E-state index contributed by atoms with van der Waals surface area (Å²) in [5.74, 6) is 2.23. The van der Waals surface area contributed by atoms with E-state index in [2.05, 4.69) is 261 Å². The Hall–Kier alpha value is -11.3. The number of benzene rings is 11. The fourth-order valence-electron chi connectivity index (χ4n) is 10.3. The van der Waals surface area contributed by atoms with Gasteiger partial charge >= 0.3 is 0 Å². The van der Waals surface area contributed by atoms with Crippen molar-refractivity contribution in [2.75, 3.05) is 0 Å². The molecule has 0 aliphatic rings. The van der Waals surface area contributed by atoms with Gasteiger partial charge in [0, 0.05) is 50.2 Å². The van der Waals surface area contributed by atoms with Crippen molar-refractivity contribution >= 4 is 0 Å². The molecule has 0 bridgehead atoms. The summed E-state index contributed by atoms with van der Waals surface area (Å²) in [6.07, 6.45) is 0. The van der Waals surface area contributed by atoms with E-state index in [0.29, 0.717) is 0 Å². The fraction of sp³-hybridized carbons (Fsp3) is 0.0370. The van der Waals surface area contributed by atoms with Crippen LogP contribution in [0.25, 0.3) is 124 Å². The van der Waals surface area contributed by atoms with Crippen LogP contribution in [0.15, 0.2) is 322 Å². The van der Waals surface area contributed by atoms with Crippen LogP contribution in [0, 0.1) is 20.8 Å². The number of hydrogen-bond acceptors (Lipinski definition) is 6. The lowest BCUT2D eigenvalue weighted by molar-refractivity contribution is 1.12. The van der Waals surface area contributed by atoms with Crippen molar-refractivity contribution in [2.45, 2.75) is 20.8 Å². The Bertz CT molecular complexity index is 4510. The summed E-state index contributed by atoms with van der Waals surface area (Å²) in [6, 6.07) is 110. The topological polar surface area (TPSA) is 77.3 Å². The molecule has 0 N–H and O–H groups in total. The highest BCUT2D eigenvalue weighted by atomic mass is 14.9. The molecule has 416 valence electrons. The molecule has 14 rings (SSSR count). The van der Waals surface area contributed by atoms with Gasteiger partial charge in [-0.05, 0) is 78.4 Å². The highest BCUT2D eigenvalue weighted by molar-refractivity contribution is 5.76. The second kappa shape index (κ2) is 26.9. The maximum Gasteiger partial charge on any atom is 0.160 e. The van der Waals surface area contributed by atoms with Crippen LogP contribution in [0.2, 0.25) is 0 Å². The minimum atomic E-state index is 0.733. The number of hydrogen-bond donors (Lipinski definition) is 0. The van der Waals surface area contributed by atoms with Gasteiger partial charge in [0.1, 0.15) is 0 Å². The number of aromatic nitrogens is 6. The minimum Gasteiger partial charge on any atom is -0.233 e. The lowest BCUT2D eigenvalue weighted by Gasteiger charge is -2.10. The first kappa shape index (κ1) is 56.2. The summed E-state index contributed by atoms with van der Waals surface area (Å²) in [4.78, 5) is 29.1. The van der Waals surface area contributed by atoms with Gasteiger partial charge in [-0.2, -0.15) is 0 Å². The molecular formula is C81H62N6. The first-order valence-electron chi connectivity index (χ1n) is 29.2. The van der Waals surface area contributed by atoms with Gasteiger partial charge in [0.05, 0.1) is 28.5 Å². The van der Waals surface area contributed by atoms with Crippen molar-refractivity contribution < 1.29 is 0 Å². The van der Waals surface area contributed by atoms with Gasteiger partial charge in [-0.25, -0.2) is 29.9 Å². The van der Waals surface area contributed by atoms with Crippen molar-refractivity contribution in [1.29, 1.82) is 0 Å². The number of rotatable bonds is 11. The van der Waals surface area contributed by atoms with Crippen LogP contribution in [0.4, 0.5) is 0 Å². The molecule has 0 radical (unpaired) electrons. The zero-order chi connectivity index (χ0) is 59.2. The lowest BCUT2D eigenvalue weighted by atomic mass is 10.0. The van der Waals surface area contributed by atoms with Gasteiger partial charge < -0.3 is 0 Å². The maximum absolute atomic E-state index is 4.93. The van der Waals surface area contributed by atoms with Crippen molar-refractivity contribution in [3.8, 4) is 124 Å². The van der Waals surface area contributed by atoms with E-state index >= 15 is 0 Å². The molecule has 0 fully saturated rings. The van der Waals surface area contributed by atoms with Gasteiger partial charge in [0.2, 0.25) is 0 Å². The summed E-state index contributed by atoms with van der Waals surface area (Å²) in [5, 5.41) is 0. The van der Waals surface area contributed by atoms with Crippen LogP contribution in [-0.4, -0.2) is 29.9 Å². The van der Waals surface area contributed by atoms with Crippen molar-refractivity contribution in [3.05, 3.63) is 338 Å². The SMILES string of the molecule is Cc1cc(-c2ccccc2)nc(-c2ccc(-c3ccccc3)cc2)n1.Cc1ccc(-c2cc(-c3ccccc3)nc(-c3ccc(-c4ccccc4)cc3)n2)cc1.Cc1cccc(-c2cc(-c3ccccc3)nc(-c3ccc(-c4ccccc4)cc3)n2)c1. The predicted molar refractivity (Wildman–Crippen MR) is 360 cm³/mol. The molecule has 0 unspecified atom stereocenters. The van der Waals surface area contributed by atoms with Crippen LogP contribution < -0.4 is 0 Å². The first-order chi connectivity index (χ1) is 42.8. The highest BCUT2D eigenvalue weighted by Crippen LogP contribution is 2.33. The second-order valence-electron chi connectivity index (χ2n) is 21.3.